The predicted octanol–water partition coefficient (Wildman–Crippen LogP) is 2.35. The van der Waals surface area contributed by atoms with Gasteiger partial charge in [-0.15, -0.1) is 0 Å². The smallest absolute Gasteiger partial charge is 0.253 e. The molecule has 0 aromatic heterocycles. The van der Waals surface area contributed by atoms with E-state index in [9.17, 15) is 9.90 Å². The van der Waals surface area contributed by atoms with Crippen LogP contribution in [0.3, 0.4) is 0 Å². The average Bonchev–Trinajstić information content (AvgIpc) is 3.28. The molecular weight excluding hydrogens is 414 g/mol. The van der Waals surface area contributed by atoms with Crippen LogP contribution in [0.4, 0.5) is 0 Å². The molecule has 2 heterocycles. The second-order valence-electron chi connectivity index (χ2n) is 9.24. The van der Waals surface area contributed by atoms with Crippen LogP contribution in [0.25, 0.3) is 5.57 Å². The van der Waals surface area contributed by atoms with Gasteiger partial charge in [0.1, 0.15) is 0 Å². The number of nitrogens with zero attached hydrogens (tertiary/aromatic N) is 2. The average molecular weight is 450 g/mol. The van der Waals surface area contributed by atoms with Gasteiger partial charge in [0.2, 0.25) is 0 Å². The molecule has 6 heteroatoms. The molecule has 2 aliphatic heterocycles. The molecule has 6 nitrogen and oxygen atoms in total. The number of hydrogen-bond donors (Lipinski definition) is 2. The van der Waals surface area contributed by atoms with Crippen LogP contribution in [-0.4, -0.2) is 64.6 Å². The van der Waals surface area contributed by atoms with Crippen molar-refractivity contribution in [3.8, 4) is 0 Å². The third-order valence-corrected chi connectivity index (χ3v) is 7.21. The van der Waals surface area contributed by atoms with Gasteiger partial charge in [-0.05, 0) is 53.7 Å². The van der Waals surface area contributed by atoms with Gasteiger partial charge in [0, 0.05) is 50.9 Å². The number of piperazine rings is 1. The summed E-state index contributed by atoms with van der Waals surface area (Å²) in [7, 11) is 0. The van der Waals surface area contributed by atoms with E-state index in [1.54, 1.807) is 0 Å². The molecule has 1 aromatic rings. The van der Waals surface area contributed by atoms with E-state index in [-0.39, 0.29) is 11.4 Å². The van der Waals surface area contributed by atoms with Crippen LogP contribution in [0.1, 0.15) is 42.9 Å². The van der Waals surface area contributed by atoms with E-state index in [2.05, 4.69) is 53.6 Å². The molecule has 5 rings (SSSR count). The highest BCUT2D eigenvalue weighted by molar-refractivity contribution is 5.95. The summed E-state index contributed by atoms with van der Waals surface area (Å²) in [5, 5.41) is 13.8. The molecule has 4 N–H and O–H groups in total. The minimum Gasteiger partial charge on any atom is -0.412 e. The molecule has 2 atom stereocenters. The zero-order valence-electron chi connectivity index (χ0n) is 19.4. The number of fused-ring (bicyclic) bond motifs is 1. The predicted molar refractivity (Wildman–Crippen MR) is 131 cm³/mol. The normalized spacial score (nSPS) is 25.0. The Hall–Kier alpha value is -2.51. The van der Waals surface area contributed by atoms with Crippen molar-refractivity contribution in [2.24, 2.45) is 0 Å². The first-order valence-electron chi connectivity index (χ1n) is 12.0. The first-order chi connectivity index (χ1) is 15.6. The Balaban J connectivity index is 0.00000259. The molecule has 33 heavy (non-hydrogen) atoms. The highest BCUT2D eigenvalue weighted by atomic mass is 16.3. The summed E-state index contributed by atoms with van der Waals surface area (Å²) >= 11 is 0. The number of benzene rings is 1. The van der Waals surface area contributed by atoms with Crippen molar-refractivity contribution in [3.05, 3.63) is 76.4 Å². The minimum atomic E-state index is -0.696. The van der Waals surface area contributed by atoms with Crippen LogP contribution < -0.4 is 5.32 Å². The lowest BCUT2D eigenvalue weighted by Gasteiger charge is -2.34. The van der Waals surface area contributed by atoms with Gasteiger partial charge in [-0.3, -0.25) is 9.69 Å². The van der Waals surface area contributed by atoms with Crippen molar-refractivity contribution >= 4 is 11.5 Å². The van der Waals surface area contributed by atoms with Crippen molar-refractivity contribution in [3.63, 3.8) is 0 Å². The van der Waals surface area contributed by atoms with Crippen molar-refractivity contribution < 1.29 is 15.4 Å². The first kappa shape index (κ1) is 23.6. The lowest BCUT2D eigenvalue weighted by molar-refractivity contribution is -0.128. The lowest BCUT2D eigenvalue weighted by atomic mass is 9.94. The fraction of sp³-hybridized carbons (Fsp3) is 0.444. The Morgan fingerprint density at radius 2 is 1.91 bits per heavy atom. The van der Waals surface area contributed by atoms with Crippen LogP contribution in [0.2, 0.25) is 0 Å². The summed E-state index contributed by atoms with van der Waals surface area (Å²) in [4.78, 5) is 17.6. The van der Waals surface area contributed by atoms with Gasteiger partial charge < -0.3 is 20.8 Å². The maximum absolute atomic E-state index is 13.2. The summed E-state index contributed by atoms with van der Waals surface area (Å²) in [5.41, 5.74) is 6.58. The largest absolute Gasteiger partial charge is 0.412 e. The SMILES string of the molecule is CCC1=CCC(O)C(C(=O)N2Cc3ccc(C4=CCC(N5CCNCC5)C=C4)cc3C2)=C1.O. The summed E-state index contributed by atoms with van der Waals surface area (Å²) in [5.74, 6) is -0.0371. The first-order valence-corrected chi connectivity index (χ1v) is 12.0. The zero-order chi connectivity index (χ0) is 22.1. The zero-order valence-corrected chi connectivity index (χ0v) is 19.4. The van der Waals surface area contributed by atoms with Gasteiger partial charge in [0.15, 0.2) is 0 Å². The molecule has 2 unspecified atom stereocenters. The highest BCUT2D eigenvalue weighted by Gasteiger charge is 2.30. The van der Waals surface area contributed by atoms with Crippen molar-refractivity contribution in [2.45, 2.75) is 51.4 Å². The molecular formula is C27H35N3O3. The number of aliphatic hydroxyl groups is 1. The van der Waals surface area contributed by atoms with E-state index in [1.807, 2.05) is 17.1 Å². The Morgan fingerprint density at radius 3 is 2.64 bits per heavy atom. The summed E-state index contributed by atoms with van der Waals surface area (Å²) in [6, 6.07) is 7.09. The number of hydrogen-bond acceptors (Lipinski definition) is 4. The van der Waals surface area contributed by atoms with E-state index in [1.165, 1.54) is 22.3 Å². The molecule has 1 amide bonds. The number of amides is 1. The number of carbonyl (C=O) groups is 1. The number of allylic oxidation sites excluding steroid dienone is 4. The van der Waals surface area contributed by atoms with Crippen LogP contribution in [0.15, 0.2) is 59.7 Å². The monoisotopic (exact) mass is 449 g/mol. The number of nitrogens with one attached hydrogen (secondary N) is 1. The molecule has 0 spiro atoms. The number of aliphatic hydroxyl groups excluding tert-OH is 1. The van der Waals surface area contributed by atoms with Crippen molar-refractivity contribution in [1.82, 2.24) is 15.1 Å². The standard InChI is InChI=1S/C27H33N3O2.H2O/c1-2-19-3-10-26(31)25(15-19)27(32)30-17-22-5-4-21(16-23(22)18-30)20-6-8-24(9-7-20)29-13-11-28-12-14-29;/h3-8,15-16,24,26,28,31H,2,9-14,17-18H2,1H3;1H2. The highest BCUT2D eigenvalue weighted by Crippen LogP contribution is 2.31. The van der Waals surface area contributed by atoms with Crippen LogP contribution in [0.5, 0.6) is 0 Å². The molecule has 0 saturated carbocycles. The van der Waals surface area contributed by atoms with E-state index in [4.69, 9.17) is 0 Å². The van der Waals surface area contributed by atoms with Crippen molar-refractivity contribution in [2.75, 3.05) is 26.2 Å². The second kappa shape index (κ2) is 10.2. The Bertz CT molecular complexity index is 1020. The fourth-order valence-corrected chi connectivity index (χ4v) is 5.20. The summed E-state index contributed by atoms with van der Waals surface area (Å²) < 4.78 is 0. The van der Waals surface area contributed by atoms with Gasteiger partial charge in [0.05, 0.1) is 6.10 Å². The number of carbonyl (C=O) groups excluding carboxylic acids is 1. The quantitative estimate of drug-likeness (QED) is 0.739. The van der Waals surface area contributed by atoms with Crippen LogP contribution >= 0.6 is 0 Å². The van der Waals surface area contributed by atoms with Crippen LogP contribution in [-0.2, 0) is 17.9 Å². The molecule has 1 fully saturated rings. The maximum atomic E-state index is 13.2. The third kappa shape index (κ3) is 4.89. The van der Waals surface area contributed by atoms with E-state index < -0.39 is 6.10 Å². The van der Waals surface area contributed by atoms with Gasteiger partial charge in [-0.1, -0.05) is 48.9 Å². The second-order valence-corrected chi connectivity index (χ2v) is 9.24. The third-order valence-electron chi connectivity index (χ3n) is 7.21. The molecule has 2 aliphatic carbocycles. The summed E-state index contributed by atoms with van der Waals surface area (Å²) in [6.07, 6.45) is 12.6. The maximum Gasteiger partial charge on any atom is 0.253 e. The van der Waals surface area contributed by atoms with Gasteiger partial charge >= 0.3 is 0 Å². The topological polar surface area (TPSA) is 87.3 Å². The van der Waals surface area contributed by atoms with Gasteiger partial charge in [0.25, 0.3) is 5.91 Å². The summed E-state index contributed by atoms with van der Waals surface area (Å²) in [6.45, 7) is 7.68. The lowest BCUT2D eigenvalue weighted by Crippen LogP contribution is -2.47. The van der Waals surface area contributed by atoms with Gasteiger partial charge in [-0.2, -0.15) is 0 Å². The van der Waals surface area contributed by atoms with E-state index >= 15 is 0 Å². The van der Waals surface area contributed by atoms with Crippen molar-refractivity contribution in [1.29, 1.82) is 0 Å². The van der Waals surface area contributed by atoms with Crippen LogP contribution in [0, 0.1) is 0 Å². The minimum absolute atomic E-state index is 0. The Kier molecular flexibility index (Phi) is 7.29. The number of rotatable bonds is 4. The molecule has 0 radical (unpaired) electrons. The molecule has 0 bridgehead atoms. The molecule has 1 aromatic carbocycles. The Morgan fingerprint density at radius 1 is 1.12 bits per heavy atom. The molecule has 176 valence electrons. The Labute approximate surface area is 196 Å². The molecule has 4 aliphatic rings. The van der Waals surface area contributed by atoms with E-state index in [0.29, 0.717) is 31.1 Å². The fourth-order valence-electron chi connectivity index (χ4n) is 5.20. The van der Waals surface area contributed by atoms with Gasteiger partial charge in [-0.25, -0.2) is 0 Å². The van der Waals surface area contributed by atoms with E-state index in [0.717, 1.165) is 44.6 Å². The molecule has 1 saturated heterocycles.